The highest BCUT2D eigenvalue weighted by Gasteiger charge is 2.23. The highest BCUT2D eigenvalue weighted by molar-refractivity contribution is 7.98. The topological polar surface area (TPSA) is 25.4 Å². The average molecular weight is 280 g/mol. The van der Waals surface area contributed by atoms with Crippen LogP contribution in [0.3, 0.4) is 0 Å². The molecule has 3 nitrogen and oxygen atoms in total. The maximum atomic E-state index is 5.74. The van der Waals surface area contributed by atoms with Crippen LogP contribution in [0.4, 0.5) is 0 Å². The third kappa shape index (κ3) is 2.69. The summed E-state index contributed by atoms with van der Waals surface area (Å²) in [7, 11) is 0. The normalized spacial score (nSPS) is 25.7. The fourth-order valence-electron chi connectivity index (χ4n) is 2.21. The lowest BCUT2D eigenvalue weighted by atomic mass is 10.3. The summed E-state index contributed by atoms with van der Waals surface area (Å²) >= 11 is 3.52. The first kappa shape index (κ1) is 12.4. The van der Waals surface area contributed by atoms with E-state index in [4.69, 9.17) is 4.74 Å². The zero-order chi connectivity index (χ0) is 12.5. The van der Waals surface area contributed by atoms with E-state index in [1.165, 1.54) is 4.70 Å². The molecule has 1 aliphatic heterocycles. The molecule has 2 unspecified atom stereocenters. The molecule has 0 bridgehead atoms. The zero-order valence-electron chi connectivity index (χ0n) is 10.5. The van der Waals surface area contributed by atoms with Crippen molar-refractivity contribution in [2.75, 3.05) is 13.1 Å². The number of hydrogen-bond donors (Lipinski definition) is 0. The van der Waals surface area contributed by atoms with Crippen LogP contribution in [0.5, 0.6) is 0 Å². The average Bonchev–Trinajstić information content (AvgIpc) is 2.69. The molecule has 96 valence electrons. The number of morpholine rings is 1. The molecule has 0 saturated carbocycles. The van der Waals surface area contributed by atoms with Crippen LogP contribution in [0.1, 0.15) is 13.8 Å². The molecule has 0 spiro atoms. The van der Waals surface area contributed by atoms with E-state index < -0.39 is 0 Å². The summed E-state index contributed by atoms with van der Waals surface area (Å²) in [6, 6.07) is 8.30. The van der Waals surface area contributed by atoms with Crippen molar-refractivity contribution >= 4 is 33.5 Å². The van der Waals surface area contributed by atoms with Gasteiger partial charge in [0.15, 0.2) is 4.34 Å². The van der Waals surface area contributed by atoms with Crippen molar-refractivity contribution in [3.05, 3.63) is 24.3 Å². The fourth-order valence-corrected chi connectivity index (χ4v) is 4.57. The van der Waals surface area contributed by atoms with Crippen LogP contribution in [0, 0.1) is 0 Å². The number of aromatic nitrogens is 1. The first-order chi connectivity index (χ1) is 8.70. The van der Waals surface area contributed by atoms with Gasteiger partial charge < -0.3 is 4.74 Å². The van der Waals surface area contributed by atoms with Crippen molar-refractivity contribution in [1.82, 2.24) is 9.29 Å². The second kappa shape index (κ2) is 5.17. The lowest BCUT2D eigenvalue weighted by molar-refractivity contribution is -0.0414. The van der Waals surface area contributed by atoms with Gasteiger partial charge in [-0.1, -0.05) is 12.1 Å². The van der Waals surface area contributed by atoms with Gasteiger partial charge in [0.05, 0.1) is 22.4 Å². The van der Waals surface area contributed by atoms with E-state index in [1.807, 2.05) is 6.07 Å². The highest BCUT2D eigenvalue weighted by atomic mass is 32.2. The van der Waals surface area contributed by atoms with Gasteiger partial charge in [0.25, 0.3) is 0 Å². The quantitative estimate of drug-likeness (QED) is 0.787. The predicted molar refractivity (Wildman–Crippen MR) is 77.1 cm³/mol. The Bertz CT molecular complexity index is 500. The molecule has 3 rings (SSSR count). The first-order valence-corrected chi connectivity index (χ1v) is 7.73. The van der Waals surface area contributed by atoms with Gasteiger partial charge in [-0.3, -0.25) is 0 Å². The molecule has 1 aromatic carbocycles. The Morgan fingerprint density at radius 1 is 1.28 bits per heavy atom. The maximum Gasteiger partial charge on any atom is 0.166 e. The first-order valence-electron chi connectivity index (χ1n) is 6.14. The summed E-state index contributed by atoms with van der Waals surface area (Å²) in [6.07, 6.45) is 0.603. The standard InChI is InChI=1S/C13H16N2OS2/c1-9-7-15(8-10(2)16-9)18-13-14-11-5-3-4-6-12(11)17-13/h3-6,9-10H,7-8H2,1-2H3. The van der Waals surface area contributed by atoms with Crippen molar-refractivity contribution in [2.45, 2.75) is 30.4 Å². The van der Waals surface area contributed by atoms with Gasteiger partial charge in [0.2, 0.25) is 0 Å². The van der Waals surface area contributed by atoms with Gasteiger partial charge in [-0.25, -0.2) is 9.29 Å². The Morgan fingerprint density at radius 3 is 2.72 bits per heavy atom. The molecule has 2 heterocycles. The Morgan fingerprint density at radius 2 is 2.00 bits per heavy atom. The van der Waals surface area contributed by atoms with E-state index in [2.05, 4.69) is 41.3 Å². The number of nitrogens with zero attached hydrogens (tertiary/aromatic N) is 2. The fraction of sp³-hybridized carbons (Fsp3) is 0.462. The molecule has 1 aliphatic rings. The Balaban J connectivity index is 1.75. The Labute approximate surface area is 115 Å². The molecule has 0 radical (unpaired) electrons. The number of para-hydroxylation sites is 1. The molecule has 1 fully saturated rings. The molecule has 5 heteroatoms. The van der Waals surface area contributed by atoms with Crippen LogP contribution < -0.4 is 0 Å². The lowest BCUT2D eigenvalue weighted by Crippen LogP contribution is -2.41. The van der Waals surface area contributed by atoms with Crippen molar-refractivity contribution in [3.63, 3.8) is 0 Å². The van der Waals surface area contributed by atoms with Gasteiger partial charge >= 0.3 is 0 Å². The lowest BCUT2D eigenvalue weighted by Gasteiger charge is -2.33. The second-order valence-corrected chi connectivity index (χ2v) is 7.02. The van der Waals surface area contributed by atoms with Crippen molar-refractivity contribution in [3.8, 4) is 0 Å². The van der Waals surface area contributed by atoms with Crippen LogP contribution in [0.15, 0.2) is 28.6 Å². The van der Waals surface area contributed by atoms with Gasteiger partial charge in [-0.15, -0.1) is 11.3 Å². The summed E-state index contributed by atoms with van der Waals surface area (Å²) < 4.78 is 10.5. The second-order valence-electron chi connectivity index (χ2n) is 4.64. The van der Waals surface area contributed by atoms with Crippen molar-refractivity contribution in [1.29, 1.82) is 0 Å². The SMILES string of the molecule is CC1CN(Sc2nc3ccccc3s2)CC(C)O1. The predicted octanol–water partition coefficient (Wildman–Crippen LogP) is 3.41. The third-order valence-electron chi connectivity index (χ3n) is 2.87. The third-order valence-corrected chi connectivity index (χ3v) is 4.98. The summed E-state index contributed by atoms with van der Waals surface area (Å²) in [6.45, 7) is 6.18. The molecular weight excluding hydrogens is 264 g/mol. The molecule has 2 atom stereocenters. The van der Waals surface area contributed by atoms with E-state index in [9.17, 15) is 0 Å². The minimum atomic E-state index is 0.302. The molecule has 0 N–H and O–H groups in total. The number of rotatable bonds is 2. The number of hydrogen-bond acceptors (Lipinski definition) is 5. The summed E-state index contributed by atoms with van der Waals surface area (Å²) in [5.74, 6) is 0. The van der Waals surface area contributed by atoms with E-state index in [0.717, 1.165) is 22.9 Å². The maximum absolute atomic E-state index is 5.74. The minimum Gasteiger partial charge on any atom is -0.373 e. The van der Waals surface area contributed by atoms with Crippen molar-refractivity contribution in [2.24, 2.45) is 0 Å². The van der Waals surface area contributed by atoms with E-state index in [0.29, 0.717) is 12.2 Å². The van der Waals surface area contributed by atoms with Gasteiger partial charge in [0.1, 0.15) is 0 Å². The number of thiazole rings is 1. The molecule has 2 aromatic rings. The largest absolute Gasteiger partial charge is 0.373 e. The molecule has 0 aliphatic carbocycles. The summed E-state index contributed by atoms with van der Waals surface area (Å²) in [5, 5.41) is 0. The summed E-state index contributed by atoms with van der Waals surface area (Å²) in [4.78, 5) is 4.66. The van der Waals surface area contributed by atoms with E-state index >= 15 is 0 Å². The monoisotopic (exact) mass is 280 g/mol. The minimum absolute atomic E-state index is 0.302. The van der Waals surface area contributed by atoms with E-state index in [-0.39, 0.29) is 0 Å². The van der Waals surface area contributed by atoms with Crippen LogP contribution in [-0.2, 0) is 4.74 Å². The van der Waals surface area contributed by atoms with Crippen LogP contribution in [0.25, 0.3) is 10.2 Å². The van der Waals surface area contributed by atoms with Gasteiger partial charge in [0, 0.05) is 13.1 Å². The summed E-state index contributed by atoms with van der Waals surface area (Å²) in [5.41, 5.74) is 1.10. The molecular formula is C13H16N2OS2. The molecule has 0 amide bonds. The molecule has 1 aromatic heterocycles. The smallest absolute Gasteiger partial charge is 0.166 e. The molecule has 18 heavy (non-hydrogen) atoms. The van der Waals surface area contributed by atoms with Crippen LogP contribution in [0.2, 0.25) is 0 Å². The zero-order valence-corrected chi connectivity index (χ0v) is 12.1. The highest BCUT2D eigenvalue weighted by Crippen LogP contribution is 2.32. The van der Waals surface area contributed by atoms with Crippen LogP contribution in [-0.4, -0.2) is 34.6 Å². The van der Waals surface area contributed by atoms with Crippen molar-refractivity contribution < 1.29 is 4.74 Å². The van der Waals surface area contributed by atoms with Crippen LogP contribution >= 0.6 is 23.3 Å². The Kier molecular flexibility index (Phi) is 3.56. The van der Waals surface area contributed by atoms with Gasteiger partial charge in [-0.2, -0.15) is 0 Å². The number of fused-ring (bicyclic) bond motifs is 1. The number of ether oxygens (including phenoxy) is 1. The van der Waals surface area contributed by atoms with Gasteiger partial charge in [-0.05, 0) is 37.9 Å². The number of benzene rings is 1. The molecule has 1 saturated heterocycles. The van der Waals surface area contributed by atoms with E-state index in [1.54, 1.807) is 23.3 Å². The Hall–Kier alpha value is -0.620.